The van der Waals surface area contributed by atoms with Crippen molar-refractivity contribution in [3.63, 3.8) is 0 Å². The van der Waals surface area contributed by atoms with E-state index < -0.39 is 6.04 Å². The lowest BCUT2D eigenvalue weighted by Crippen LogP contribution is -2.35. The zero-order valence-corrected chi connectivity index (χ0v) is 11.0. The van der Waals surface area contributed by atoms with Crippen molar-refractivity contribution >= 4 is 17.2 Å². The first kappa shape index (κ1) is 12.8. The highest BCUT2D eigenvalue weighted by Crippen LogP contribution is 2.19. The van der Waals surface area contributed by atoms with Crippen molar-refractivity contribution in [2.45, 2.75) is 19.0 Å². The molecule has 1 heterocycles. The Bertz CT molecular complexity index is 496. The Kier molecular flexibility index (Phi) is 4.12. The molecule has 0 fully saturated rings. The van der Waals surface area contributed by atoms with Crippen LogP contribution in [0.25, 0.3) is 0 Å². The standard InChI is InChI=1S/C14H16N2OS/c1-10(12-8-5-9-18-12)16-14(17)13(15)11-6-3-2-4-7-11/h2-10,13H,15H2,1H3,(H,16,17)/t10?,13-/m0/s1. The first-order valence-electron chi connectivity index (χ1n) is 5.83. The average molecular weight is 260 g/mol. The van der Waals surface area contributed by atoms with E-state index in [2.05, 4.69) is 5.32 Å². The van der Waals surface area contributed by atoms with Crippen LogP contribution < -0.4 is 11.1 Å². The SMILES string of the molecule is CC(NC(=O)[C@@H](N)c1ccccc1)c1cccs1. The lowest BCUT2D eigenvalue weighted by Gasteiger charge is -2.16. The third-order valence-electron chi connectivity index (χ3n) is 2.77. The number of carbonyl (C=O) groups excluding carboxylic acids is 1. The summed E-state index contributed by atoms with van der Waals surface area (Å²) in [6, 6.07) is 12.7. The number of nitrogens with one attached hydrogen (secondary N) is 1. The quantitative estimate of drug-likeness (QED) is 0.888. The van der Waals surface area contributed by atoms with Crippen molar-refractivity contribution in [2.24, 2.45) is 5.73 Å². The van der Waals surface area contributed by atoms with Gasteiger partial charge in [0.15, 0.2) is 0 Å². The van der Waals surface area contributed by atoms with Gasteiger partial charge in [-0.2, -0.15) is 0 Å². The van der Waals surface area contributed by atoms with Gasteiger partial charge in [0.1, 0.15) is 6.04 Å². The fourth-order valence-electron chi connectivity index (χ4n) is 1.72. The van der Waals surface area contributed by atoms with Crippen molar-refractivity contribution in [1.29, 1.82) is 0 Å². The summed E-state index contributed by atoms with van der Waals surface area (Å²) < 4.78 is 0. The van der Waals surface area contributed by atoms with Crippen LogP contribution >= 0.6 is 11.3 Å². The zero-order chi connectivity index (χ0) is 13.0. The lowest BCUT2D eigenvalue weighted by atomic mass is 10.1. The second kappa shape index (κ2) is 5.80. The smallest absolute Gasteiger partial charge is 0.242 e. The summed E-state index contributed by atoms with van der Waals surface area (Å²) in [7, 11) is 0. The second-order valence-electron chi connectivity index (χ2n) is 4.13. The van der Waals surface area contributed by atoms with Crippen molar-refractivity contribution in [2.75, 3.05) is 0 Å². The Morgan fingerprint density at radius 1 is 1.22 bits per heavy atom. The molecule has 0 aliphatic carbocycles. The molecular formula is C14H16N2OS. The number of hydrogen-bond acceptors (Lipinski definition) is 3. The van der Waals surface area contributed by atoms with Crippen LogP contribution in [-0.2, 0) is 4.79 Å². The van der Waals surface area contributed by atoms with Gasteiger partial charge >= 0.3 is 0 Å². The highest BCUT2D eigenvalue weighted by atomic mass is 32.1. The molecule has 0 saturated carbocycles. The van der Waals surface area contributed by atoms with Crippen LogP contribution in [0.5, 0.6) is 0 Å². The largest absolute Gasteiger partial charge is 0.347 e. The predicted molar refractivity (Wildman–Crippen MR) is 74.2 cm³/mol. The predicted octanol–water partition coefficient (Wildman–Crippen LogP) is 2.63. The van der Waals surface area contributed by atoms with Crippen LogP contribution in [0.1, 0.15) is 29.4 Å². The van der Waals surface area contributed by atoms with E-state index in [9.17, 15) is 4.79 Å². The van der Waals surface area contributed by atoms with Gasteiger partial charge < -0.3 is 11.1 Å². The van der Waals surface area contributed by atoms with Gasteiger partial charge in [-0.3, -0.25) is 4.79 Å². The number of benzene rings is 1. The van der Waals surface area contributed by atoms with Gasteiger partial charge in [0.2, 0.25) is 5.91 Å². The number of thiophene rings is 1. The minimum atomic E-state index is -0.617. The molecule has 1 unspecified atom stereocenters. The van der Waals surface area contributed by atoms with E-state index in [1.165, 1.54) is 0 Å². The molecule has 0 aliphatic rings. The Labute approximate surface area is 111 Å². The summed E-state index contributed by atoms with van der Waals surface area (Å²) in [5.74, 6) is -0.151. The van der Waals surface area contributed by atoms with E-state index in [0.29, 0.717) is 0 Å². The van der Waals surface area contributed by atoms with E-state index in [4.69, 9.17) is 5.73 Å². The highest BCUT2D eigenvalue weighted by Gasteiger charge is 2.18. The molecule has 0 aliphatic heterocycles. The van der Waals surface area contributed by atoms with E-state index in [0.717, 1.165) is 10.4 Å². The van der Waals surface area contributed by atoms with Gasteiger partial charge in [-0.15, -0.1) is 11.3 Å². The molecule has 2 aromatic rings. The van der Waals surface area contributed by atoms with Crippen LogP contribution in [0.3, 0.4) is 0 Å². The monoisotopic (exact) mass is 260 g/mol. The van der Waals surface area contributed by atoms with Gasteiger partial charge in [-0.05, 0) is 23.9 Å². The summed E-state index contributed by atoms with van der Waals surface area (Å²) in [5.41, 5.74) is 6.76. The normalized spacial score (nSPS) is 13.9. The molecule has 0 spiro atoms. The average Bonchev–Trinajstić information content (AvgIpc) is 2.92. The van der Waals surface area contributed by atoms with Gasteiger partial charge in [0, 0.05) is 4.88 Å². The lowest BCUT2D eigenvalue weighted by molar-refractivity contribution is -0.123. The Morgan fingerprint density at radius 3 is 2.56 bits per heavy atom. The summed E-state index contributed by atoms with van der Waals surface area (Å²) in [5, 5.41) is 4.92. The van der Waals surface area contributed by atoms with Crippen molar-refractivity contribution in [1.82, 2.24) is 5.32 Å². The van der Waals surface area contributed by atoms with Gasteiger partial charge in [-0.1, -0.05) is 36.4 Å². The molecule has 94 valence electrons. The summed E-state index contributed by atoms with van der Waals surface area (Å²) in [4.78, 5) is 13.1. The first-order chi connectivity index (χ1) is 8.68. The first-order valence-corrected chi connectivity index (χ1v) is 6.71. The maximum absolute atomic E-state index is 12.0. The van der Waals surface area contributed by atoms with E-state index in [-0.39, 0.29) is 11.9 Å². The van der Waals surface area contributed by atoms with E-state index in [1.54, 1.807) is 11.3 Å². The Balaban J connectivity index is 2.00. The molecule has 1 aromatic heterocycles. The highest BCUT2D eigenvalue weighted by molar-refractivity contribution is 7.10. The van der Waals surface area contributed by atoms with Crippen molar-refractivity contribution < 1.29 is 4.79 Å². The fraction of sp³-hybridized carbons (Fsp3) is 0.214. The third-order valence-corrected chi connectivity index (χ3v) is 3.82. The van der Waals surface area contributed by atoms with E-state index in [1.807, 2.05) is 54.8 Å². The minimum absolute atomic E-state index is 0.00716. The van der Waals surface area contributed by atoms with Crippen LogP contribution in [0.2, 0.25) is 0 Å². The molecular weight excluding hydrogens is 244 g/mol. The van der Waals surface area contributed by atoms with Gasteiger partial charge in [-0.25, -0.2) is 0 Å². The summed E-state index contributed by atoms with van der Waals surface area (Å²) in [6.45, 7) is 1.96. The van der Waals surface area contributed by atoms with Crippen LogP contribution in [0.15, 0.2) is 47.8 Å². The number of amides is 1. The zero-order valence-electron chi connectivity index (χ0n) is 10.2. The van der Waals surface area contributed by atoms with Crippen molar-refractivity contribution in [3.8, 4) is 0 Å². The minimum Gasteiger partial charge on any atom is -0.347 e. The van der Waals surface area contributed by atoms with Crippen molar-refractivity contribution in [3.05, 3.63) is 58.3 Å². The maximum Gasteiger partial charge on any atom is 0.242 e. The molecule has 1 aromatic carbocycles. The molecule has 0 saturated heterocycles. The molecule has 0 radical (unpaired) electrons. The maximum atomic E-state index is 12.0. The Morgan fingerprint density at radius 2 is 1.94 bits per heavy atom. The molecule has 18 heavy (non-hydrogen) atoms. The third kappa shape index (κ3) is 2.97. The fourth-order valence-corrected chi connectivity index (χ4v) is 2.46. The molecule has 1 amide bonds. The van der Waals surface area contributed by atoms with Crippen LogP contribution in [-0.4, -0.2) is 5.91 Å². The molecule has 4 heteroatoms. The Hall–Kier alpha value is -1.65. The summed E-state index contributed by atoms with van der Waals surface area (Å²) in [6.07, 6.45) is 0. The number of hydrogen-bond donors (Lipinski definition) is 2. The van der Waals surface area contributed by atoms with Gasteiger partial charge in [0.25, 0.3) is 0 Å². The van der Waals surface area contributed by atoms with Crippen LogP contribution in [0.4, 0.5) is 0 Å². The molecule has 3 nitrogen and oxygen atoms in total. The molecule has 2 rings (SSSR count). The topological polar surface area (TPSA) is 55.1 Å². The van der Waals surface area contributed by atoms with E-state index >= 15 is 0 Å². The molecule has 0 bridgehead atoms. The second-order valence-corrected chi connectivity index (χ2v) is 5.11. The molecule has 2 atom stereocenters. The number of nitrogens with two attached hydrogens (primary N) is 1. The number of rotatable bonds is 4. The molecule has 3 N–H and O–H groups in total. The van der Waals surface area contributed by atoms with Gasteiger partial charge in [0.05, 0.1) is 6.04 Å². The summed E-state index contributed by atoms with van der Waals surface area (Å²) >= 11 is 1.62. The van der Waals surface area contributed by atoms with Crippen LogP contribution in [0, 0.1) is 0 Å². The number of carbonyl (C=O) groups is 1.